The number of pyridine rings is 1. The third kappa shape index (κ3) is 4.83. The number of rotatable bonds is 6. The van der Waals surface area contributed by atoms with Gasteiger partial charge in [0.2, 0.25) is 5.78 Å². The third-order valence-corrected chi connectivity index (χ3v) is 17.3. The van der Waals surface area contributed by atoms with Crippen LogP contribution in [0.2, 0.25) is 0 Å². The maximum atomic E-state index is 6.45. The molecule has 13 rings (SSSR count). The van der Waals surface area contributed by atoms with Crippen molar-refractivity contribution in [2.24, 2.45) is 0 Å². The smallest absolute Gasteiger partial charge is 0.221 e. The molecular formula is C54H35N5OSi. The standard InChI is InChI=1S/C54H35N5OSi/c1-3-17-36(18-4-1)61(37-19-5-2-6-20-37,38-31-32-51-43(33-38)42-23-9-16-30-50(42)60-51)39-34-52(57-45-25-11-7-21-40(45)41-22-8-12-26-46(41)57)56-53(35-39)59-49-29-15-14-28-48(49)58-47-27-13-10-24-44(47)55-54(58)59/h1-35H. The molecule has 8 aromatic carbocycles. The predicted octanol–water partition coefficient (Wildman–Crippen LogP) is 10.2. The zero-order chi connectivity index (χ0) is 40.1. The van der Waals surface area contributed by atoms with Gasteiger partial charge in [-0.1, -0.05) is 152 Å². The van der Waals surface area contributed by atoms with Crippen molar-refractivity contribution in [3.05, 3.63) is 212 Å². The molecule has 61 heavy (non-hydrogen) atoms. The van der Waals surface area contributed by atoms with Crippen molar-refractivity contribution in [1.82, 2.24) is 23.5 Å². The monoisotopic (exact) mass is 797 g/mol. The van der Waals surface area contributed by atoms with Crippen LogP contribution < -0.4 is 20.7 Å². The maximum absolute atomic E-state index is 6.45. The third-order valence-electron chi connectivity index (χ3n) is 12.6. The van der Waals surface area contributed by atoms with Gasteiger partial charge in [-0.15, -0.1) is 0 Å². The Morgan fingerprint density at radius 3 is 1.56 bits per heavy atom. The summed E-state index contributed by atoms with van der Waals surface area (Å²) < 4.78 is 13.3. The minimum atomic E-state index is -3.20. The predicted molar refractivity (Wildman–Crippen MR) is 253 cm³/mol. The normalized spacial score (nSPS) is 12.3. The molecule has 6 nitrogen and oxygen atoms in total. The fourth-order valence-electron chi connectivity index (χ4n) is 10.0. The first-order valence-corrected chi connectivity index (χ1v) is 22.7. The summed E-state index contributed by atoms with van der Waals surface area (Å²) >= 11 is 0. The molecule has 0 fully saturated rings. The van der Waals surface area contributed by atoms with Gasteiger partial charge in [0.05, 0.1) is 33.1 Å². The van der Waals surface area contributed by atoms with E-state index in [-0.39, 0.29) is 0 Å². The number of aromatic nitrogens is 5. The largest absolute Gasteiger partial charge is 0.456 e. The minimum absolute atomic E-state index is 0.800. The second kappa shape index (κ2) is 13.0. The zero-order valence-corrected chi connectivity index (χ0v) is 33.9. The molecule has 5 aromatic heterocycles. The van der Waals surface area contributed by atoms with E-state index in [0.29, 0.717) is 0 Å². The lowest BCUT2D eigenvalue weighted by atomic mass is 10.1. The van der Waals surface area contributed by atoms with E-state index in [1.807, 2.05) is 6.07 Å². The van der Waals surface area contributed by atoms with Gasteiger partial charge in [0.1, 0.15) is 22.8 Å². The number of imidazole rings is 2. The second-order valence-electron chi connectivity index (χ2n) is 15.8. The SMILES string of the molecule is c1ccc([Si](c2ccccc2)(c2cc(-n3c4ccccc4c4ccccc43)nc(-n3c4ccccc4n4c5ccccc5nc34)c2)c2ccc3oc4ccccc4c3c2)cc1. The summed E-state index contributed by atoms with van der Waals surface area (Å²) in [6.45, 7) is 0. The van der Waals surface area contributed by atoms with Gasteiger partial charge >= 0.3 is 0 Å². The van der Waals surface area contributed by atoms with Crippen molar-refractivity contribution in [1.29, 1.82) is 0 Å². The Kier molecular flexibility index (Phi) is 7.23. The summed E-state index contributed by atoms with van der Waals surface area (Å²) in [5.74, 6) is 2.46. The van der Waals surface area contributed by atoms with Crippen LogP contribution in [0.25, 0.3) is 83.2 Å². The highest BCUT2D eigenvalue weighted by atomic mass is 28.3. The van der Waals surface area contributed by atoms with Crippen molar-refractivity contribution < 1.29 is 4.42 Å². The molecule has 0 saturated heterocycles. The summed E-state index contributed by atoms with van der Waals surface area (Å²) in [7, 11) is -3.20. The molecule has 7 heteroatoms. The summed E-state index contributed by atoms with van der Waals surface area (Å²) in [5.41, 5.74) is 8.07. The Balaban J connectivity index is 1.23. The summed E-state index contributed by atoms with van der Waals surface area (Å²) in [5, 5.41) is 9.59. The van der Waals surface area contributed by atoms with Gasteiger partial charge in [-0.2, -0.15) is 0 Å². The molecule has 286 valence electrons. The number of nitrogens with zero attached hydrogens (tertiary/aromatic N) is 5. The van der Waals surface area contributed by atoms with Gasteiger partial charge in [-0.05, 0) is 81.4 Å². The van der Waals surface area contributed by atoms with Crippen LogP contribution in [0.3, 0.4) is 0 Å². The topological polar surface area (TPSA) is 53.2 Å². The second-order valence-corrected chi connectivity index (χ2v) is 19.6. The Hall–Kier alpha value is -8.00. The molecule has 0 radical (unpaired) electrons. The number of para-hydroxylation sites is 7. The van der Waals surface area contributed by atoms with Crippen molar-refractivity contribution in [3.63, 3.8) is 0 Å². The van der Waals surface area contributed by atoms with E-state index in [9.17, 15) is 0 Å². The number of hydrogen-bond acceptors (Lipinski definition) is 3. The van der Waals surface area contributed by atoms with E-state index in [0.717, 1.165) is 72.5 Å². The summed E-state index contributed by atoms with van der Waals surface area (Å²) in [4.78, 5) is 11.1. The number of hydrogen-bond donors (Lipinski definition) is 0. The van der Waals surface area contributed by atoms with Crippen LogP contribution in [-0.4, -0.2) is 31.6 Å². The summed E-state index contributed by atoms with van der Waals surface area (Å²) in [6, 6.07) is 76.5. The Labute approximate surface area is 350 Å². The summed E-state index contributed by atoms with van der Waals surface area (Å²) in [6.07, 6.45) is 0. The highest BCUT2D eigenvalue weighted by Crippen LogP contribution is 2.34. The maximum Gasteiger partial charge on any atom is 0.221 e. The minimum Gasteiger partial charge on any atom is -0.456 e. The average Bonchev–Trinajstić information content (AvgIpc) is 4.07. The van der Waals surface area contributed by atoms with Gasteiger partial charge < -0.3 is 4.42 Å². The quantitative estimate of drug-likeness (QED) is 0.124. The van der Waals surface area contributed by atoms with Gasteiger partial charge in [-0.25, -0.2) is 9.97 Å². The fourth-order valence-corrected chi connectivity index (χ4v) is 14.8. The number of fused-ring (bicyclic) bond motifs is 11. The fraction of sp³-hybridized carbons (Fsp3) is 0. The Bertz CT molecular complexity index is 3750. The molecule has 0 spiro atoms. The molecule has 0 N–H and O–H groups in total. The first-order chi connectivity index (χ1) is 30.3. The van der Waals surface area contributed by atoms with Gasteiger partial charge in [0, 0.05) is 21.5 Å². The average molecular weight is 798 g/mol. The Morgan fingerprint density at radius 2 is 0.869 bits per heavy atom. The van der Waals surface area contributed by atoms with Crippen molar-refractivity contribution in [2.75, 3.05) is 0 Å². The molecule has 0 aliphatic heterocycles. The van der Waals surface area contributed by atoms with E-state index in [1.165, 1.54) is 31.5 Å². The molecule has 0 saturated carbocycles. The van der Waals surface area contributed by atoms with E-state index < -0.39 is 8.07 Å². The van der Waals surface area contributed by atoms with Crippen LogP contribution in [0.5, 0.6) is 0 Å². The molecule has 0 aliphatic rings. The molecule has 0 amide bonds. The first-order valence-electron chi connectivity index (χ1n) is 20.7. The number of benzene rings is 8. The molecular weight excluding hydrogens is 763 g/mol. The van der Waals surface area contributed by atoms with Crippen LogP contribution >= 0.6 is 0 Å². The highest BCUT2D eigenvalue weighted by molar-refractivity contribution is 7.20. The van der Waals surface area contributed by atoms with E-state index >= 15 is 0 Å². The van der Waals surface area contributed by atoms with Crippen LogP contribution in [0, 0.1) is 0 Å². The Morgan fingerprint density at radius 1 is 0.344 bits per heavy atom. The molecule has 0 aliphatic carbocycles. The first kappa shape index (κ1) is 33.9. The van der Waals surface area contributed by atoms with E-state index in [2.05, 4.69) is 220 Å². The number of furan rings is 1. The molecule has 13 aromatic rings. The van der Waals surface area contributed by atoms with Gasteiger partial charge in [-0.3, -0.25) is 13.5 Å². The lowest BCUT2D eigenvalue weighted by Crippen LogP contribution is -2.74. The van der Waals surface area contributed by atoms with Crippen LogP contribution in [0.1, 0.15) is 0 Å². The van der Waals surface area contributed by atoms with Crippen LogP contribution in [0.4, 0.5) is 0 Å². The molecule has 0 bridgehead atoms. The highest BCUT2D eigenvalue weighted by Gasteiger charge is 2.43. The zero-order valence-electron chi connectivity index (χ0n) is 32.9. The van der Waals surface area contributed by atoms with Crippen molar-refractivity contribution in [3.8, 4) is 11.6 Å². The molecule has 5 heterocycles. The lowest BCUT2D eigenvalue weighted by molar-refractivity contribution is 0.669. The van der Waals surface area contributed by atoms with Crippen LogP contribution in [0.15, 0.2) is 217 Å². The molecule has 0 unspecified atom stereocenters. The van der Waals surface area contributed by atoms with Crippen molar-refractivity contribution >= 4 is 100 Å². The van der Waals surface area contributed by atoms with E-state index in [4.69, 9.17) is 14.4 Å². The van der Waals surface area contributed by atoms with Crippen LogP contribution in [-0.2, 0) is 0 Å². The van der Waals surface area contributed by atoms with Gasteiger partial charge in [0.25, 0.3) is 0 Å². The van der Waals surface area contributed by atoms with Gasteiger partial charge in [0.15, 0.2) is 8.07 Å². The van der Waals surface area contributed by atoms with Crippen molar-refractivity contribution in [2.45, 2.75) is 0 Å². The van der Waals surface area contributed by atoms with E-state index in [1.54, 1.807) is 0 Å². The molecule has 0 atom stereocenters. The lowest BCUT2D eigenvalue weighted by Gasteiger charge is -2.35.